The average Bonchev–Trinajstić information content (AvgIpc) is 3.11. The molecule has 1 unspecified atom stereocenters. The molecule has 23 heavy (non-hydrogen) atoms. The third-order valence-corrected chi connectivity index (χ3v) is 5.15. The number of amides is 1. The lowest BCUT2D eigenvalue weighted by molar-refractivity contribution is -0.117. The van der Waals surface area contributed by atoms with Gasteiger partial charge < -0.3 is 4.52 Å². The second kappa shape index (κ2) is 6.88. The van der Waals surface area contributed by atoms with Crippen LogP contribution < -0.4 is 4.90 Å². The average molecular weight is 395 g/mol. The highest BCUT2D eigenvalue weighted by Gasteiger charge is 2.33. The maximum Gasteiger partial charge on any atom is 0.234 e. The summed E-state index contributed by atoms with van der Waals surface area (Å²) in [6.45, 7) is 2.10. The van der Waals surface area contributed by atoms with E-state index in [1.807, 2.05) is 24.3 Å². The van der Waals surface area contributed by atoms with Gasteiger partial charge in [0.1, 0.15) is 5.69 Å². The molecule has 1 aromatic heterocycles. The number of thioether (sulfide) groups is 1. The van der Waals surface area contributed by atoms with Crippen molar-refractivity contribution < 1.29 is 14.1 Å². The van der Waals surface area contributed by atoms with Crippen LogP contribution in [0.15, 0.2) is 39.3 Å². The van der Waals surface area contributed by atoms with Gasteiger partial charge in [0, 0.05) is 41.7 Å². The molecule has 1 aliphatic heterocycles. The van der Waals surface area contributed by atoms with Crippen molar-refractivity contribution in [2.24, 2.45) is 5.92 Å². The first kappa shape index (κ1) is 16.3. The standard InChI is InChI=1S/C16H15BrN2O3S/c1-10(20)23-9-11-5-15(21)19(8-11)16-7-14(18-22-16)12-3-2-4-13(17)6-12/h2-4,6-7,11H,5,8-9H2,1H3. The number of anilines is 1. The zero-order chi connectivity index (χ0) is 16.4. The highest BCUT2D eigenvalue weighted by atomic mass is 79.9. The minimum atomic E-state index is 0.0103. The van der Waals surface area contributed by atoms with Crippen molar-refractivity contribution >= 4 is 44.6 Å². The molecule has 120 valence electrons. The van der Waals surface area contributed by atoms with Crippen LogP contribution in [0.1, 0.15) is 13.3 Å². The Labute approximate surface area is 146 Å². The Balaban J connectivity index is 1.73. The third-order valence-electron chi connectivity index (χ3n) is 3.61. The lowest BCUT2D eigenvalue weighted by Gasteiger charge is -2.11. The van der Waals surface area contributed by atoms with Gasteiger partial charge in [-0.1, -0.05) is 45.0 Å². The van der Waals surface area contributed by atoms with Crippen LogP contribution in [0.25, 0.3) is 11.3 Å². The molecule has 1 aromatic carbocycles. The highest BCUT2D eigenvalue weighted by molar-refractivity contribution is 9.10. The van der Waals surface area contributed by atoms with Crippen LogP contribution in [-0.4, -0.2) is 28.5 Å². The van der Waals surface area contributed by atoms with Crippen LogP contribution in [0.4, 0.5) is 5.88 Å². The summed E-state index contributed by atoms with van der Waals surface area (Å²) < 4.78 is 6.31. The van der Waals surface area contributed by atoms with Gasteiger partial charge in [0.15, 0.2) is 5.12 Å². The molecule has 0 radical (unpaired) electrons. The molecule has 1 fully saturated rings. The van der Waals surface area contributed by atoms with E-state index < -0.39 is 0 Å². The van der Waals surface area contributed by atoms with Crippen molar-refractivity contribution in [3.63, 3.8) is 0 Å². The normalized spacial score (nSPS) is 17.7. The molecule has 1 aliphatic rings. The van der Waals surface area contributed by atoms with Gasteiger partial charge in [0.05, 0.1) is 0 Å². The first-order chi connectivity index (χ1) is 11.0. The van der Waals surface area contributed by atoms with Crippen LogP contribution in [-0.2, 0) is 9.59 Å². The van der Waals surface area contributed by atoms with Gasteiger partial charge in [-0.3, -0.25) is 14.5 Å². The summed E-state index contributed by atoms with van der Waals surface area (Å²) in [5.41, 5.74) is 1.61. The number of rotatable bonds is 4. The van der Waals surface area contributed by atoms with Crippen LogP contribution in [0.5, 0.6) is 0 Å². The van der Waals surface area contributed by atoms with E-state index in [1.165, 1.54) is 11.8 Å². The molecule has 2 aromatic rings. The number of nitrogens with zero attached hydrogens (tertiary/aromatic N) is 2. The van der Waals surface area contributed by atoms with E-state index in [9.17, 15) is 9.59 Å². The quantitative estimate of drug-likeness (QED) is 0.789. The molecule has 0 aliphatic carbocycles. The number of carbonyl (C=O) groups is 2. The molecule has 0 saturated carbocycles. The zero-order valence-electron chi connectivity index (χ0n) is 12.5. The molecule has 1 atom stereocenters. The van der Waals surface area contributed by atoms with E-state index in [1.54, 1.807) is 17.9 Å². The molecule has 0 spiro atoms. The maximum atomic E-state index is 12.2. The Bertz CT molecular complexity index is 746. The van der Waals surface area contributed by atoms with Crippen LogP contribution in [0.2, 0.25) is 0 Å². The van der Waals surface area contributed by atoms with E-state index in [4.69, 9.17) is 4.52 Å². The molecule has 7 heteroatoms. The summed E-state index contributed by atoms with van der Waals surface area (Å²) in [4.78, 5) is 24.8. The van der Waals surface area contributed by atoms with Crippen molar-refractivity contribution in [3.05, 3.63) is 34.8 Å². The Hall–Kier alpha value is -1.60. The van der Waals surface area contributed by atoms with E-state index in [2.05, 4.69) is 21.1 Å². The highest BCUT2D eigenvalue weighted by Crippen LogP contribution is 2.31. The van der Waals surface area contributed by atoms with Gasteiger partial charge in [-0.25, -0.2) is 0 Å². The summed E-state index contributed by atoms with van der Waals surface area (Å²) in [5.74, 6) is 1.29. The topological polar surface area (TPSA) is 63.4 Å². The second-order valence-corrected chi connectivity index (χ2v) is 7.55. The predicted molar refractivity (Wildman–Crippen MR) is 93.2 cm³/mol. The van der Waals surface area contributed by atoms with Crippen LogP contribution >= 0.6 is 27.7 Å². The molecule has 5 nitrogen and oxygen atoms in total. The summed E-state index contributed by atoms with van der Waals surface area (Å²) in [5, 5.41) is 4.13. The van der Waals surface area contributed by atoms with E-state index >= 15 is 0 Å². The number of benzene rings is 1. The van der Waals surface area contributed by atoms with E-state index in [-0.39, 0.29) is 16.9 Å². The molecule has 1 saturated heterocycles. The second-order valence-electron chi connectivity index (χ2n) is 5.44. The first-order valence-corrected chi connectivity index (χ1v) is 8.97. The van der Waals surface area contributed by atoms with E-state index in [0.29, 0.717) is 30.3 Å². The third kappa shape index (κ3) is 3.84. The summed E-state index contributed by atoms with van der Waals surface area (Å²) in [7, 11) is 0. The van der Waals surface area contributed by atoms with Crippen molar-refractivity contribution in [2.75, 3.05) is 17.2 Å². The molecule has 0 bridgehead atoms. The molecule has 0 N–H and O–H groups in total. The SMILES string of the molecule is CC(=O)SCC1CC(=O)N(c2cc(-c3cccc(Br)c3)no2)C1. The molecular formula is C16H15BrN2O3S. The smallest absolute Gasteiger partial charge is 0.234 e. The summed E-state index contributed by atoms with van der Waals surface area (Å²) >= 11 is 4.69. The Morgan fingerprint density at radius 2 is 2.30 bits per heavy atom. The van der Waals surface area contributed by atoms with Crippen molar-refractivity contribution in [1.29, 1.82) is 0 Å². The fraction of sp³-hybridized carbons (Fsp3) is 0.312. The Morgan fingerprint density at radius 3 is 3.04 bits per heavy atom. The summed E-state index contributed by atoms with van der Waals surface area (Å²) in [6.07, 6.45) is 0.438. The zero-order valence-corrected chi connectivity index (χ0v) is 14.9. The largest absolute Gasteiger partial charge is 0.338 e. The van der Waals surface area contributed by atoms with Crippen LogP contribution in [0, 0.1) is 5.92 Å². The van der Waals surface area contributed by atoms with Gasteiger partial charge in [-0.05, 0) is 18.1 Å². The monoisotopic (exact) mass is 394 g/mol. The van der Waals surface area contributed by atoms with Crippen molar-refractivity contribution in [1.82, 2.24) is 5.16 Å². The molecular weight excluding hydrogens is 380 g/mol. The lowest BCUT2D eigenvalue weighted by atomic mass is 10.1. The summed E-state index contributed by atoms with van der Waals surface area (Å²) in [6, 6.07) is 9.51. The molecule has 1 amide bonds. The number of hydrogen-bond donors (Lipinski definition) is 0. The van der Waals surface area contributed by atoms with Gasteiger partial charge in [0.25, 0.3) is 0 Å². The number of hydrogen-bond acceptors (Lipinski definition) is 5. The number of carbonyl (C=O) groups excluding carboxylic acids is 2. The van der Waals surface area contributed by atoms with E-state index in [0.717, 1.165) is 10.0 Å². The molecule has 2 heterocycles. The Kier molecular flexibility index (Phi) is 4.87. The van der Waals surface area contributed by atoms with Crippen molar-refractivity contribution in [2.45, 2.75) is 13.3 Å². The maximum absolute atomic E-state index is 12.2. The number of halogens is 1. The predicted octanol–water partition coefficient (Wildman–Crippen LogP) is 3.74. The van der Waals surface area contributed by atoms with Crippen molar-refractivity contribution in [3.8, 4) is 11.3 Å². The van der Waals surface area contributed by atoms with Gasteiger partial charge in [-0.2, -0.15) is 0 Å². The first-order valence-electron chi connectivity index (χ1n) is 7.19. The lowest BCUT2D eigenvalue weighted by Crippen LogP contribution is -2.24. The Morgan fingerprint density at radius 1 is 1.48 bits per heavy atom. The van der Waals surface area contributed by atoms with Crippen LogP contribution in [0.3, 0.4) is 0 Å². The molecule has 3 rings (SSSR count). The van der Waals surface area contributed by atoms with Gasteiger partial charge in [0.2, 0.25) is 11.8 Å². The van der Waals surface area contributed by atoms with Gasteiger partial charge >= 0.3 is 0 Å². The minimum Gasteiger partial charge on any atom is -0.338 e. The van der Waals surface area contributed by atoms with Gasteiger partial charge in [-0.15, -0.1) is 0 Å². The fourth-order valence-corrected chi connectivity index (χ4v) is 3.61. The minimum absolute atomic E-state index is 0.0103. The fourth-order valence-electron chi connectivity index (χ4n) is 2.52. The number of aromatic nitrogens is 1.